The maximum atomic E-state index is 12.4. The molecule has 1 N–H and O–H groups in total. The van der Waals surface area contributed by atoms with E-state index in [-0.39, 0.29) is 5.91 Å². The van der Waals surface area contributed by atoms with Gasteiger partial charge in [-0.25, -0.2) is 4.98 Å². The molecule has 1 amide bonds. The number of hydrogen-bond acceptors (Lipinski definition) is 3. The first-order valence-electron chi connectivity index (χ1n) is 6.67. The molecule has 6 heteroatoms. The highest BCUT2D eigenvalue weighted by Crippen LogP contribution is 2.22. The Bertz CT molecular complexity index is 685. The Hall–Kier alpha value is -1.78. The average molecular weight is 339 g/mol. The van der Waals surface area contributed by atoms with Gasteiger partial charge in [0.05, 0.1) is 10.7 Å². The third kappa shape index (κ3) is 4.12. The van der Waals surface area contributed by atoms with Crippen LogP contribution in [0.15, 0.2) is 36.4 Å². The molecule has 2 aromatic rings. The Morgan fingerprint density at radius 3 is 2.36 bits per heavy atom. The largest absolute Gasteiger partial charge is 0.478 e. The predicted molar refractivity (Wildman–Crippen MR) is 88.8 cm³/mol. The number of anilines is 1. The topological polar surface area (TPSA) is 51.2 Å². The maximum Gasteiger partial charge on any atom is 0.269 e. The molecule has 0 unspecified atom stereocenters. The Labute approximate surface area is 139 Å². The zero-order valence-electron chi connectivity index (χ0n) is 12.5. The molecule has 0 saturated heterocycles. The van der Waals surface area contributed by atoms with Gasteiger partial charge in [0.25, 0.3) is 5.91 Å². The van der Waals surface area contributed by atoms with Crippen LogP contribution in [-0.2, 0) is 4.79 Å². The van der Waals surface area contributed by atoms with E-state index in [2.05, 4.69) is 10.3 Å². The number of aromatic nitrogens is 1. The highest BCUT2D eigenvalue weighted by molar-refractivity contribution is 6.31. The molecule has 1 aromatic carbocycles. The molecule has 1 aromatic heterocycles. The molecule has 0 bridgehead atoms. The summed E-state index contributed by atoms with van der Waals surface area (Å²) in [6.45, 7) is 5.13. The average Bonchev–Trinajstić information content (AvgIpc) is 2.45. The Balaban J connectivity index is 2.09. The predicted octanol–water partition coefficient (Wildman–Crippen LogP) is 4.49. The van der Waals surface area contributed by atoms with E-state index in [1.54, 1.807) is 57.2 Å². The number of nitrogens with zero attached hydrogens (tertiary/aromatic N) is 1. The van der Waals surface area contributed by atoms with Crippen molar-refractivity contribution in [3.8, 4) is 5.75 Å². The molecule has 0 atom stereocenters. The Morgan fingerprint density at radius 2 is 1.77 bits per heavy atom. The van der Waals surface area contributed by atoms with Crippen LogP contribution in [0.3, 0.4) is 0 Å². The van der Waals surface area contributed by atoms with Crippen molar-refractivity contribution in [1.29, 1.82) is 0 Å². The molecule has 2 rings (SSSR count). The number of ether oxygens (including phenoxy) is 1. The van der Waals surface area contributed by atoms with Gasteiger partial charge in [0.1, 0.15) is 11.6 Å². The maximum absolute atomic E-state index is 12.4. The number of rotatable bonds is 4. The standard InChI is InChI=1S/C16H16Cl2N2O2/c1-10-13(18)8-9-14(19-10)20-15(21)16(2,3)22-12-6-4-11(17)5-7-12/h4-9H,1-3H3,(H,19,20,21). The number of halogens is 2. The fourth-order valence-electron chi connectivity index (χ4n) is 1.72. The Kier molecular flexibility index (Phi) is 4.94. The van der Waals surface area contributed by atoms with Crippen molar-refractivity contribution < 1.29 is 9.53 Å². The summed E-state index contributed by atoms with van der Waals surface area (Å²) in [5.41, 5.74) is -0.417. The number of carbonyl (C=O) groups excluding carboxylic acids is 1. The van der Waals surface area contributed by atoms with Crippen molar-refractivity contribution in [3.63, 3.8) is 0 Å². The molecule has 0 radical (unpaired) electrons. The first kappa shape index (κ1) is 16.6. The number of benzene rings is 1. The lowest BCUT2D eigenvalue weighted by Gasteiger charge is -2.25. The molecule has 22 heavy (non-hydrogen) atoms. The van der Waals surface area contributed by atoms with Crippen LogP contribution in [0.5, 0.6) is 5.75 Å². The molecule has 0 spiro atoms. The fourth-order valence-corrected chi connectivity index (χ4v) is 1.96. The van der Waals surface area contributed by atoms with Gasteiger partial charge in [-0.1, -0.05) is 23.2 Å². The lowest BCUT2D eigenvalue weighted by molar-refractivity contribution is -0.128. The van der Waals surface area contributed by atoms with Crippen molar-refractivity contribution in [2.75, 3.05) is 5.32 Å². The number of carbonyl (C=O) groups is 1. The van der Waals surface area contributed by atoms with E-state index in [9.17, 15) is 4.79 Å². The van der Waals surface area contributed by atoms with Crippen LogP contribution in [0, 0.1) is 6.92 Å². The van der Waals surface area contributed by atoms with Crippen molar-refractivity contribution >= 4 is 34.9 Å². The summed E-state index contributed by atoms with van der Waals surface area (Å²) in [5.74, 6) is 0.682. The molecule has 0 aliphatic rings. The first-order chi connectivity index (χ1) is 10.3. The van der Waals surface area contributed by atoms with Crippen LogP contribution < -0.4 is 10.1 Å². The summed E-state index contributed by atoms with van der Waals surface area (Å²) in [4.78, 5) is 16.6. The molecule has 4 nitrogen and oxygen atoms in total. The number of hydrogen-bond donors (Lipinski definition) is 1. The lowest BCUT2D eigenvalue weighted by atomic mass is 10.1. The van der Waals surface area contributed by atoms with Crippen LogP contribution in [0.1, 0.15) is 19.5 Å². The van der Waals surface area contributed by atoms with Crippen LogP contribution in [-0.4, -0.2) is 16.5 Å². The van der Waals surface area contributed by atoms with Gasteiger partial charge in [-0.15, -0.1) is 0 Å². The van der Waals surface area contributed by atoms with E-state index >= 15 is 0 Å². The molecule has 0 aliphatic carbocycles. The van der Waals surface area contributed by atoms with E-state index in [0.717, 1.165) is 0 Å². The second-order valence-electron chi connectivity index (χ2n) is 5.28. The van der Waals surface area contributed by atoms with Gasteiger partial charge in [-0.05, 0) is 57.2 Å². The third-order valence-electron chi connectivity index (χ3n) is 3.00. The molecule has 116 valence electrons. The second-order valence-corrected chi connectivity index (χ2v) is 6.13. The number of aryl methyl sites for hydroxylation is 1. The number of pyridine rings is 1. The molecule has 0 aliphatic heterocycles. The molecular weight excluding hydrogens is 323 g/mol. The summed E-state index contributed by atoms with van der Waals surface area (Å²) in [6, 6.07) is 10.2. The number of amides is 1. The van der Waals surface area contributed by atoms with E-state index in [1.165, 1.54) is 0 Å². The van der Waals surface area contributed by atoms with Crippen LogP contribution >= 0.6 is 23.2 Å². The fraction of sp³-hybridized carbons (Fsp3) is 0.250. The van der Waals surface area contributed by atoms with Crippen molar-refractivity contribution in [3.05, 3.63) is 52.1 Å². The van der Waals surface area contributed by atoms with Crippen molar-refractivity contribution in [2.45, 2.75) is 26.4 Å². The van der Waals surface area contributed by atoms with E-state index in [4.69, 9.17) is 27.9 Å². The zero-order valence-corrected chi connectivity index (χ0v) is 14.0. The van der Waals surface area contributed by atoms with E-state index in [1.807, 2.05) is 0 Å². The van der Waals surface area contributed by atoms with Gasteiger partial charge in [-0.3, -0.25) is 4.79 Å². The minimum Gasteiger partial charge on any atom is -0.478 e. The summed E-state index contributed by atoms with van der Waals surface area (Å²) in [5, 5.41) is 3.88. The Morgan fingerprint density at radius 1 is 1.14 bits per heavy atom. The molecule has 1 heterocycles. The summed E-state index contributed by atoms with van der Waals surface area (Å²) < 4.78 is 5.72. The van der Waals surface area contributed by atoms with E-state index < -0.39 is 5.60 Å². The minimum absolute atomic E-state index is 0.309. The van der Waals surface area contributed by atoms with Crippen molar-refractivity contribution in [2.24, 2.45) is 0 Å². The second kappa shape index (κ2) is 6.55. The molecular formula is C16H16Cl2N2O2. The summed E-state index contributed by atoms with van der Waals surface area (Å²) in [6.07, 6.45) is 0. The molecule has 0 saturated carbocycles. The van der Waals surface area contributed by atoms with Gasteiger partial charge in [0.15, 0.2) is 5.60 Å². The lowest BCUT2D eigenvalue weighted by Crippen LogP contribution is -2.42. The van der Waals surface area contributed by atoms with Gasteiger partial charge in [0, 0.05) is 5.02 Å². The van der Waals surface area contributed by atoms with Crippen molar-refractivity contribution in [1.82, 2.24) is 4.98 Å². The third-order valence-corrected chi connectivity index (χ3v) is 3.65. The van der Waals surface area contributed by atoms with Crippen LogP contribution in [0.2, 0.25) is 10.0 Å². The summed E-state index contributed by atoms with van der Waals surface area (Å²) >= 11 is 11.7. The smallest absolute Gasteiger partial charge is 0.269 e. The summed E-state index contributed by atoms with van der Waals surface area (Å²) in [7, 11) is 0. The zero-order chi connectivity index (χ0) is 16.3. The van der Waals surface area contributed by atoms with Gasteiger partial charge in [0.2, 0.25) is 0 Å². The van der Waals surface area contributed by atoms with E-state index in [0.29, 0.717) is 27.3 Å². The van der Waals surface area contributed by atoms with Gasteiger partial charge in [-0.2, -0.15) is 0 Å². The van der Waals surface area contributed by atoms with Crippen LogP contribution in [0.4, 0.5) is 5.82 Å². The normalized spacial score (nSPS) is 11.1. The first-order valence-corrected chi connectivity index (χ1v) is 7.43. The quantitative estimate of drug-likeness (QED) is 0.893. The SMILES string of the molecule is Cc1nc(NC(=O)C(C)(C)Oc2ccc(Cl)cc2)ccc1Cl. The van der Waals surface area contributed by atoms with Gasteiger partial charge < -0.3 is 10.1 Å². The highest BCUT2D eigenvalue weighted by Gasteiger charge is 2.30. The molecule has 0 fully saturated rings. The monoisotopic (exact) mass is 338 g/mol. The number of nitrogens with one attached hydrogen (secondary N) is 1. The van der Waals surface area contributed by atoms with Gasteiger partial charge >= 0.3 is 0 Å². The minimum atomic E-state index is -1.07. The highest BCUT2D eigenvalue weighted by atomic mass is 35.5. The van der Waals surface area contributed by atoms with Crippen LogP contribution in [0.25, 0.3) is 0 Å².